The second-order valence-corrected chi connectivity index (χ2v) is 7.56. The van der Waals surface area contributed by atoms with Crippen LogP contribution in [0.15, 0.2) is 42.6 Å². The van der Waals surface area contributed by atoms with Crippen molar-refractivity contribution in [2.75, 3.05) is 31.2 Å². The standard InChI is InChI=1S/C22H26FN3O2/c23-19-7-5-18(6-8-19)22(9-1-2-10-22)21(27)25-16-17-4-3-11-24-20(17)26-12-14-28-15-13-26/h3-8,11H,1-2,9-10,12-16H2,(H,25,27). The summed E-state index contributed by atoms with van der Waals surface area (Å²) in [5.74, 6) is 0.657. The van der Waals surface area contributed by atoms with Gasteiger partial charge in [0.25, 0.3) is 0 Å². The molecule has 28 heavy (non-hydrogen) atoms. The number of ether oxygens (including phenoxy) is 1. The molecule has 0 spiro atoms. The molecule has 1 saturated carbocycles. The lowest BCUT2D eigenvalue weighted by molar-refractivity contribution is -0.126. The largest absolute Gasteiger partial charge is 0.378 e. The van der Waals surface area contributed by atoms with Crippen LogP contribution in [0.2, 0.25) is 0 Å². The highest BCUT2D eigenvalue weighted by molar-refractivity contribution is 5.88. The van der Waals surface area contributed by atoms with Crippen LogP contribution >= 0.6 is 0 Å². The quantitative estimate of drug-likeness (QED) is 0.862. The lowest BCUT2D eigenvalue weighted by Gasteiger charge is -2.31. The first-order valence-electron chi connectivity index (χ1n) is 10.00. The van der Waals surface area contributed by atoms with Gasteiger partial charge in [0, 0.05) is 31.4 Å². The molecule has 2 aromatic rings. The van der Waals surface area contributed by atoms with Crippen molar-refractivity contribution in [2.45, 2.75) is 37.6 Å². The number of hydrogen-bond acceptors (Lipinski definition) is 4. The van der Waals surface area contributed by atoms with Gasteiger partial charge in [-0.05, 0) is 36.6 Å². The number of carbonyl (C=O) groups is 1. The van der Waals surface area contributed by atoms with E-state index in [1.165, 1.54) is 12.1 Å². The fourth-order valence-corrected chi connectivity index (χ4v) is 4.37. The summed E-state index contributed by atoms with van der Waals surface area (Å²) in [6.45, 7) is 3.42. The average Bonchev–Trinajstić information content (AvgIpc) is 3.24. The van der Waals surface area contributed by atoms with Crippen molar-refractivity contribution in [3.05, 3.63) is 59.5 Å². The summed E-state index contributed by atoms with van der Waals surface area (Å²) in [6.07, 6.45) is 5.40. The van der Waals surface area contributed by atoms with Gasteiger partial charge in [0.05, 0.1) is 18.6 Å². The second kappa shape index (κ2) is 8.27. The number of morpholine rings is 1. The molecule has 0 unspecified atom stereocenters. The molecule has 2 fully saturated rings. The maximum absolute atomic E-state index is 13.4. The molecule has 4 rings (SSSR count). The zero-order chi connectivity index (χ0) is 19.4. The van der Waals surface area contributed by atoms with Gasteiger partial charge in [-0.1, -0.05) is 31.0 Å². The van der Waals surface area contributed by atoms with Crippen molar-refractivity contribution in [3.63, 3.8) is 0 Å². The molecule has 1 saturated heterocycles. The Bertz CT molecular complexity index is 813. The number of halogens is 1. The number of aromatic nitrogens is 1. The number of amides is 1. The molecule has 0 atom stereocenters. The molecule has 2 heterocycles. The van der Waals surface area contributed by atoms with Gasteiger partial charge in [0.2, 0.25) is 5.91 Å². The number of nitrogens with one attached hydrogen (secondary N) is 1. The number of rotatable bonds is 5. The Morgan fingerprint density at radius 3 is 2.57 bits per heavy atom. The molecule has 1 amide bonds. The molecule has 1 aromatic heterocycles. The van der Waals surface area contributed by atoms with Gasteiger partial charge < -0.3 is 15.0 Å². The minimum atomic E-state index is -0.560. The monoisotopic (exact) mass is 383 g/mol. The maximum atomic E-state index is 13.4. The van der Waals surface area contributed by atoms with Gasteiger partial charge in [0.15, 0.2) is 0 Å². The molecule has 2 aliphatic rings. The van der Waals surface area contributed by atoms with Crippen molar-refractivity contribution in [2.24, 2.45) is 0 Å². The van der Waals surface area contributed by atoms with E-state index in [0.29, 0.717) is 19.8 Å². The summed E-state index contributed by atoms with van der Waals surface area (Å²) in [5, 5.41) is 3.14. The van der Waals surface area contributed by atoms with Crippen LogP contribution < -0.4 is 10.2 Å². The van der Waals surface area contributed by atoms with Gasteiger partial charge in [-0.3, -0.25) is 4.79 Å². The first-order chi connectivity index (χ1) is 13.7. The van der Waals surface area contributed by atoms with E-state index in [-0.39, 0.29) is 11.7 Å². The Morgan fingerprint density at radius 2 is 1.86 bits per heavy atom. The highest BCUT2D eigenvalue weighted by atomic mass is 19.1. The number of pyridine rings is 1. The Hall–Kier alpha value is -2.47. The molecule has 1 aliphatic carbocycles. The van der Waals surface area contributed by atoms with E-state index < -0.39 is 5.41 Å². The highest BCUT2D eigenvalue weighted by Crippen LogP contribution is 2.41. The Labute approximate surface area is 164 Å². The second-order valence-electron chi connectivity index (χ2n) is 7.56. The molecule has 6 heteroatoms. The van der Waals surface area contributed by atoms with Crippen LogP contribution in [0.3, 0.4) is 0 Å². The summed E-state index contributed by atoms with van der Waals surface area (Å²) in [5.41, 5.74) is 1.35. The van der Waals surface area contributed by atoms with Crippen LogP contribution in [0.4, 0.5) is 10.2 Å². The predicted octanol–water partition coefficient (Wildman–Crippen LogP) is 3.19. The van der Waals surface area contributed by atoms with Crippen molar-refractivity contribution >= 4 is 11.7 Å². The number of benzene rings is 1. The Kier molecular flexibility index (Phi) is 5.57. The van der Waals surface area contributed by atoms with E-state index in [4.69, 9.17) is 4.74 Å². The summed E-state index contributed by atoms with van der Waals surface area (Å²) in [4.78, 5) is 20.0. The number of hydrogen-bond donors (Lipinski definition) is 1. The first kappa shape index (κ1) is 18.9. The molecule has 1 aromatic carbocycles. The van der Waals surface area contributed by atoms with E-state index in [0.717, 1.165) is 55.7 Å². The zero-order valence-corrected chi connectivity index (χ0v) is 16.0. The zero-order valence-electron chi connectivity index (χ0n) is 16.0. The average molecular weight is 383 g/mol. The molecule has 0 radical (unpaired) electrons. The third-order valence-corrected chi connectivity index (χ3v) is 5.91. The minimum Gasteiger partial charge on any atom is -0.378 e. The molecule has 0 bridgehead atoms. The van der Waals surface area contributed by atoms with Crippen LogP contribution in [0, 0.1) is 5.82 Å². The fraction of sp³-hybridized carbons (Fsp3) is 0.455. The van der Waals surface area contributed by atoms with E-state index in [2.05, 4.69) is 15.2 Å². The van der Waals surface area contributed by atoms with Gasteiger partial charge in [-0.25, -0.2) is 9.37 Å². The van der Waals surface area contributed by atoms with Gasteiger partial charge in [-0.15, -0.1) is 0 Å². The molecule has 148 valence electrons. The van der Waals surface area contributed by atoms with Crippen LogP contribution in [-0.4, -0.2) is 37.2 Å². The topological polar surface area (TPSA) is 54.5 Å². The molecule has 1 aliphatic heterocycles. The molecular formula is C22H26FN3O2. The van der Waals surface area contributed by atoms with Crippen LogP contribution in [-0.2, 0) is 21.5 Å². The number of carbonyl (C=O) groups excluding carboxylic acids is 1. The SMILES string of the molecule is O=C(NCc1cccnc1N1CCOCC1)C1(c2ccc(F)cc2)CCCC1. The lowest BCUT2D eigenvalue weighted by Crippen LogP contribution is -2.43. The van der Waals surface area contributed by atoms with Gasteiger partial charge in [-0.2, -0.15) is 0 Å². The van der Waals surface area contributed by atoms with Gasteiger partial charge in [0.1, 0.15) is 11.6 Å². The summed E-state index contributed by atoms with van der Waals surface area (Å²) < 4.78 is 18.8. The molecule has 1 N–H and O–H groups in total. The highest BCUT2D eigenvalue weighted by Gasteiger charge is 2.42. The third kappa shape index (κ3) is 3.74. The summed E-state index contributed by atoms with van der Waals surface area (Å²) in [7, 11) is 0. The fourth-order valence-electron chi connectivity index (χ4n) is 4.37. The van der Waals surface area contributed by atoms with Crippen LogP contribution in [0.5, 0.6) is 0 Å². The third-order valence-electron chi connectivity index (χ3n) is 5.91. The number of anilines is 1. The van der Waals surface area contributed by atoms with Crippen molar-refractivity contribution in [1.29, 1.82) is 0 Å². The van der Waals surface area contributed by atoms with E-state index in [9.17, 15) is 9.18 Å². The maximum Gasteiger partial charge on any atom is 0.230 e. The lowest BCUT2D eigenvalue weighted by atomic mass is 9.78. The smallest absolute Gasteiger partial charge is 0.230 e. The number of nitrogens with zero attached hydrogens (tertiary/aromatic N) is 2. The van der Waals surface area contributed by atoms with Crippen molar-refractivity contribution in [3.8, 4) is 0 Å². The van der Waals surface area contributed by atoms with Crippen LogP contribution in [0.25, 0.3) is 0 Å². The normalized spacial score (nSPS) is 18.8. The van der Waals surface area contributed by atoms with Crippen LogP contribution in [0.1, 0.15) is 36.8 Å². The molecular weight excluding hydrogens is 357 g/mol. The van der Waals surface area contributed by atoms with E-state index in [1.54, 1.807) is 18.3 Å². The first-order valence-corrected chi connectivity index (χ1v) is 10.00. The Balaban J connectivity index is 1.51. The minimum absolute atomic E-state index is 0.0217. The predicted molar refractivity (Wildman–Crippen MR) is 106 cm³/mol. The van der Waals surface area contributed by atoms with Crippen molar-refractivity contribution < 1.29 is 13.9 Å². The van der Waals surface area contributed by atoms with E-state index in [1.807, 2.05) is 12.1 Å². The Morgan fingerprint density at radius 1 is 1.14 bits per heavy atom. The van der Waals surface area contributed by atoms with E-state index >= 15 is 0 Å². The molecule has 5 nitrogen and oxygen atoms in total. The summed E-state index contributed by atoms with van der Waals surface area (Å²) >= 11 is 0. The summed E-state index contributed by atoms with van der Waals surface area (Å²) in [6, 6.07) is 10.3. The van der Waals surface area contributed by atoms with Crippen molar-refractivity contribution in [1.82, 2.24) is 10.3 Å². The van der Waals surface area contributed by atoms with Gasteiger partial charge >= 0.3 is 0 Å².